The van der Waals surface area contributed by atoms with Gasteiger partial charge in [-0.25, -0.2) is 13.1 Å². The Labute approximate surface area is 291 Å². The number of rotatable bonds is 1. The summed E-state index contributed by atoms with van der Waals surface area (Å²) >= 11 is 6.47. The van der Waals surface area contributed by atoms with Crippen molar-refractivity contribution in [3.63, 3.8) is 0 Å². The fourth-order valence-corrected chi connectivity index (χ4v) is 11.2. The Morgan fingerprint density at radius 3 is 2.54 bits per heavy atom. The SMILES string of the molecule is C[C@@H]1[C@@H](C)CCC[C@](O)(C2CCN(C)CC2)[C@@H]2CC[C@H]2CN2C[C@@]3(CCCc4cc(Cl)ccc43)COc3ccc(cc32)C(=O)NS1(=O)=O. The summed E-state index contributed by atoms with van der Waals surface area (Å²) in [6.07, 6.45) is 9.11. The zero-order valence-electron chi connectivity index (χ0n) is 28.7. The lowest BCUT2D eigenvalue weighted by Gasteiger charge is -2.54. The van der Waals surface area contributed by atoms with E-state index in [1.165, 1.54) is 11.1 Å². The maximum Gasteiger partial charge on any atom is 0.264 e. The van der Waals surface area contributed by atoms with E-state index in [0.717, 1.165) is 81.7 Å². The van der Waals surface area contributed by atoms with Gasteiger partial charge in [-0.3, -0.25) is 4.79 Å². The monoisotopic (exact) mass is 697 g/mol. The van der Waals surface area contributed by atoms with Crippen LogP contribution in [0.2, 0.25) is 5.02 Å². The van der Waals surface area contributed by atoms with Crippen molar-refractivity contribution in [1.29, 1.82) is 0 Å². The van der Waals surface area contributed by atoms with Crippen LogP contribution < -0.4 is 14.4 Å². The average molecular weight is 698 g/mol. The van der Waals surface area contributed by atoms with E-state index in [9.17, 15) is 18.3 Å². The number of nitrogens with zero attached hydrogens (tertiary/aromatic N) is 2. The fourth-order valence-electron chi connectivity index (χ4n) is 9.71. The lowest BCUT2D eigenvalue weighted by Crippen LogP contribution is -2.57. The number of fused-ring (bicyclic) bond motifs is 4. The Balaban J connectivity index is 1.30. The minimum absolute atomic E-state index is 0.164. The summed E-state index contributed by atoms with van der Waals surface area (Å²) in [5.41, 5.74) is 2.61. The summed E-state index contributed by atoms with van der Waals surface area (Å²) in [4.78, 5) is 18.3. The molecule has 2 N–H and O–H groups in total. The van der Waals surface area contributed by atoms with Gasteiger partial charge in [0.05, 0.1) is 23.1 Å². The number of ether oxygens (including phenoxy) is 1. The van der Waals surface area contributed by atoms with Gasteiger partial charge < -0.3 is 19.6 Å². The molecule has 1 spiro atoms. The molecule has 2 fully saturated rings. The van der Waals surface area contributed by atoms with E-state index in [1.807, 2.05) is 25.1 Å². The number of anilines is 1. The van der Waals surface area contributed by atoms with Gasteiger partial charge in [0.2, 0.25) is 10.0 Å². The second-order valence-corrected chi connectivity index (χ2v) is 18.3. The molecule has 7 rings (SSSR count). The van der Waals surface area contributed by atoms with Gasteiger partial charge >= 0.3 is 0 Å². The van der Waals surface area contributed by atoms with Crippen molar-refractivity contribution >= 4 is 33.2 Å². The maximum atomic E-state index is 13.6. The van der Waals surface area contributed by atoms with Gasteiger partial charge in [-0.1, -0.05) is 31.0 Å². The van der Waals surface area contributed by atoms with Gasteiger partial charge in [-0.15, -0.1) is 0 Å². The number of halogens is 1. The Kier molecular flexibility index (Phi) is 9.31. The van der Waals surface area contributed by atoms with E-state index in [4.69, 9.17) is 16.3 Å². The highest BCUT2D eigenvalue weighted by molar-refractivity contribution is 7.90. The number of likely N-dealkylation sites (tertiary alicyclic amines) is 1. The molecule has 0 radical (unpaired) electrons. The van der Waals surface area contributed by atoms with Crippen LogP contribution in [0.4, 0.5) is 5.69 Å². The first-order chi connectivity index (χ1) is 22.9. The number of sulfonamides is 1. The maximum absolute atomic E-state index is 13.6. The van der Waals surface area contributed by atoms with Crippen molar-refractivity contribution < 1.29 is 23.1 Å². The molecule has 10 heteroatoms. The van der Waals surface area contributed by atoms with Crippen LogP contribution in [0.1, 0.15) is 93.1 Å². The van der Waals surface area contributed by atoms with Crippen molar-refractivity contribution in [3.05, 3.63) is 58.1 Å². The van der Waals surface area contributed by atoms with E-state index in [1.54, 1.807) is 13.0 Å². The molecule has 2 bridgehead atoms. The standard InChI is InChI=1S/C38H52ClN3O5S/c1-25-6-4-17-38(44,30-14-18-41(3)19-15-30)33-11-8-29(33)22-42-23-37(16-5-7-27-20-31(39)10-12-32(27)37)24-47-35-13-9-28(21-34(35)42)36(43)40-48(45,46)26(25)2/h9-10,12-13,20-21,25-26,29-30,33,44H,4-8,11,14-19,22-24H2,1-3H3,(H,40,43)/t25-,26+,29-,33+,37-,38-/m0/s1. The largest absolute Gasteiger partial charge is 0.490 e. The normalized spacial score (nSPS) is 34.6. The number of carbonyl (C=O) groups is 1. The number of carbonyl (C=O) groups excluding carboxylic acids is 1. The molecule has 1 saturated carbocycles. The van der Waals surface area contributed by atoms with E-state index in [-0.39, 0.29) is 23.2 Å². The Morgan fingerprint density at radius 1 is 1.00 bits per heavy atom. The summed E-state index contributed by atoms with van der Waals surface area (Å²) in [5.74, 6) is 0.623. The smallest absolute Gasteiger partial charge is 0.264 e. The number of amides is 1. The molecule has 5 aliphatic rings. The predicted octanol–water partition coefficient (Wildman–Crippen LogP) is 6.18. The first kappa shape index (κ1) is 34.1. The number of aliphatic hydroxyl groups is 1. The first-order valence-corrected chi connectivity index (χ1v) is 20.1. The van der Waals surface area contributed by atoms with Crippen molar-refractivity contribution in [2.75, 3.05) is 44.7 Å². The van der Waals surface area contributed by atoms with Crippen LogP contribution >= 0.6 is 11.6 Å². The predicted molar refractivity (Wildman–Crippen MR) is 190 cm³/mol. The highest BCUT2D eigenvalue weighted by Gasteiger charge is 2.52. The second kappa shape index (κ2) is 13.1. The highest BCUT2D eigenvalue weighted by atomic mass is 35.5. The van der Waals surface area contributed by atoms with E-state index < -0.39 is 26.8 Å². The lowest BCUT2D eigenvalue weighted by molar-refractivity contribution is -0.138. The Hall–Kier alpha value is -2.33. The molecule has 3 heterocycles. The van der Waals surface area contributed by atoms with Crippen LogP contribution in [0.15, 0.2) is 36.4 Å². The van der Waals surface area contributed by atoms with Crippen LogP contribution in [-0.4, -0.2) is 75.0 Å². The minimum Gasteiger partial charge on any atom is -0.490 e. The Bertz CT molecular complexity index is 1640. The summed E-state index contributed by atoms with van der Waals surface area (Å²) in [6.45, 7) is 7.58. The summed E-state index contributed by atoms with van der Waals surface area (Å²) in [5, 5.41) is 12.8. The van der Waals surface area contributed by atoms with Gasteiger partial charge in [-0.2, -0.15) is 0 Å². The minimum atomic E-state index is -3.92. The zero-order valence-corrected chi connectivity index (χ0v) is 30.3. The van der Waals surface area contributed by atoms with Crippen LogP contribution in [0.5, 0.6) is 5.75 Å². The average Bonchev–Trinajstić information content (AvgIpc) is 3.19. The molecule has 8 nitrogen and oxygen atoms in total. The van der Waals surface area contributed by atoms with Gasteiger partial charge in [0.1, 0.15) is 5.75 Å². The molecular formula is C38H52ClN3O5S. The molecule has 1 saturated heterocycles. The molecular weight excluding hydrogens is 646 g/mol. The Morgan fingerprint density at radius 2 is 1.79 bits per heavy atom. The van der Waals surface area contributed by atoms with Crippen LogP contribution in [0.3, 0.4) is 0 Å². The summed E-state index contributed by atoms with van der Waals surface area (Å²) in [7, 11) is -1.76. The molecule has 262 valence electrons. The molecule has 6 atom stereocenters. The number of hydrogen-bond acceptors (Lipinski definition) is 7. The third-order valence-electron chi connectivity index (χ3n) is 13.0. The second-order valence-electron chi connectivity index (χ2n) is 15.9. The van der Waals surface area contributed by atoms with Crippen molar-refractivity contribution in [3.8, 4) is 5.75 Å². The number of nitrogens with one attached hydrogen (secondary N) is 1. The molecule has 0 unspecified atom stereocenters. The van der Waals surface area contributed by atoms with E-state index in [2.05, 4.69) is 33.7 Å². The third-order valence-corrected chi connectivity index (χ3v) is 15.2. The van der Waals surface area contributed by atoms with E-state index in [0.29, 0.717) is 43.2 Å². The van der Waals surface area contributed by atoms with Crippen LogP contribution in [0.25, 0.3) is 0 Å². The van der Waals surface area contributed by atoms with Gasteiger partial charge in [0.15, 0.2) is 0 Å². The molecule has 2 aromatic rings. The van der Waals surface area contributed by atoms with Gasteiger partial charge in [0, 0.05) is 29.1 Å². The van der Waals surface area contributed by atoms with Crippen molar-refractivity contribution in [1.82, 2.24) is 9.62 Å². The van der Waals surface area contributed by atoms with Crippen molar-refractivity contribution in [2.24, 2.45) is 23.7 Å². The molecule has 48 heavy (non-hydrogen) atoms. The number of benzene rings is 2. The molecule has 2 aromatic carbocycles. The fraction of sp³-hybridized carbons (Fsp3) is 0.658. The van der Waals surface area contributed by atoms with Gasteiger partial charge in [-0.05, 0) is 150 Å². The molecule has 0 aromatic heterocycles. The van der Waals surface area contributed by atoms with Crippen LogP contribution in [0, 0.1) is 23.7 Å². The summed E-state index contributed by atoms with van der Waals surface area (Å²) in [6, 6.07) is 11.6. The molecule has 2 aliphatic carbocycles. The van der Waals surface area contributed by atoms with Crippen LogP contribution in [-0.2, 0) is 21.9 Å². The lowest BCUT2D eigenvalue weighted by atomic mass is 9.58. The number of piperidine rings is 1. The highest BCUT2D eigenvalue weighted by Crippen LogP contribution is 2.52. The topological polar surface area (TPSA) is 99.2 Å². The first-order valence-electron chi connectivity index (χ1n) is 18.2. The third kappa shape index (κ3) is 6.26. The number of aryl methyl sites for hydroxylation is 1. The number of hydrogen-bond donors (Lipinski definition) is 2. The molecule has 1 amide bonds. The van der Waals surface area contributed by atoms with Gasteiger partial charge in [0.25, 0.3) is 5.91 Å². The van der Waals surface area contributed by atoms with E-state index >= 15 is 0 Å². The zero-order chi connectivity index (χ0) is 33.8. The quantitative estimate of drug-likeness (QED) is 0.367. The molecule has 3 aliphatic heterocycles. The van der Waals surface area contributed by atoms with Crippen molar-refractivity contribution in [2.45, 2.75) is 94.3 Å². The summed E-state index contributed by atoms with van der Waals surface area (Å²) < 4.78 is 36.0.